The van der Waals surface area contributed by atoms with Crippen molar-refractivity contribution in [2.24, 2.45) is 5.73 Å². The van der Waals surface area contributed by atoms with Crippen molar-refractivity contribution < 1.29 is 0 Å². The minimum atomic E-state index is 0.196. The molecule has 2 aromatic rings. The van der Waals surface area contributed by atoms with Gasteiger partial charge in [-0.1, -0.05) is 11.3 Å². The van der Waals surface area contributed by atoms with Crippen molar-refractivity contribution >= 4 is 16.5 Å². The van der Waals surface area contributed by atoms with Crippen molar-refractivity contribution in [3.8, 4) is 0 Å². The summed E-state index contributed by atoms with van der Waals surface area (Å²) < 4.78 is 2.22. The van der Waals surface area contributed by atoms with Gasteiger partial charge in [0.1, 0.15) is 5.82 Å². The highest BCUT2D eigenvalue weighted by Crippen LogP contribution is 2.37. The number of imidazole rings is 1. The Labute approximate surface area is 116 Å². The molecule has 4 rings (SSSR count). The third-order valence-corrected chi connectivity index (χ3v) is 5.29. The van der Waals surface area contributed by atoms with E-state index in [9.17, 15) is 0 Å². The molecule has 1 atom stereocenters. The fourth-order valence-electron chi connectivity index (χ4n) is 2.91. The summed E-state index contributed by atoms with van der Waals surface area (Å²) in [6.07, 6.45) is 7.28. The lowest BCUT2D eigenvalue weighted by atomic mass is 9.99. The van der Waals surface area contributed by atoms with Crippen LogP contribution in [0.15, 0.2) is 12.4 Å². The molecule has 3 heterocycles. The summed E-state index contributed by atoms with van der Waals surface area (Å²) in [5.41, 5.74) is 7.41. The summed E-state index contributed by atoms with van der Waals surface area (Å²) >= 11 is 1.78. The van der Waals surface area contributed by atoms with Gasteiger partial charge in [-0.3, -0.25) is 0 Å². The Morgan fingerprint density at radius 3 is 3.21 bits per heavy atom. The highest BCUT2D eigenvalue weighted by Gasteiger charge is 2.25. The van der Waals surface area contributed by atoms with Gasteiger partial charge in [0, 0.05) is 36.4 Å². The number of aryl methyl sites for hydroxylation is 1. The molecule has 1 unspecified atom stereocenters. The number of thiazole rings is 1. The SMILES string of the molecule is NC1CCCc2nc(N3CCn4ccnc4C3)sc21. The van der Waals surface area contributed by atoms with Crippen LogP contribution in [-0.2, 0) is 19.5 Å². The highest BCUT2D eigenvalue weighted by molar-refractivity contribution is 7.15. The van der Waals surface area contributed by atoms with E-state index in [4.69, 9.17) is 10.7 Å². The van der Waals surface area contributed by atoms with Crippen molar-refractivity contribution in [2.75, 3.05) is 11.4 Å². The number of nitrogens with zero attached hydrogens (tertiary/aromatic N) is 4. The maximum absolute atomic E-state index is 6.18. The number of nitrogens with two attached hydrogens (primary N) is 1. The van der Waals surface area contributed by atoms with Crippen molar-refractivity contribution in [3.63, 3.8) is 0 Å². The van der Waals surface area contributed by atoms with Gasteiger partial charge in [-0.05, 0) is 19.3 Å². The molecule has 0 radical (unpaired) electrons. The molecule has 0 spiro atoms. The van der Waals surface area contributed by atoms with Crippen molar-refractivity contribution in [1.29, 1.82) is 0 Å². The van der Waals surface area contributed by atoms with Gasteiger partial charge in [0.15, 0.2) is 5.13 Å². The number of hydrogen-bond donors (Lipinski definition) is 1. The molecule has 1 aliphatic carbocycles. The molecule has 2 aromatic heterocycles. The van der Waals surface area contributed by atoms with E-state index in [-0.39, 0.29) is 6.04 Å². The van der Waals surface area contributed by atoms with Gasteiger partial charge in [0.25, 0.3) is 0 Å². The zero-order valence-electron chi connectivity index (χ0n) is 10.7. The second-order valence-electron chi connectivity index (χ2n) is 5.26. The quantitative estimate of drug-likeness (QED) is 0.860. The normalized spacial score (nSPS) is 22.2. The monoisotopic (exact) mass is 275 g/mol. The lowest BCUT2D eigenvalue weighted by Crippen LogP contribution is -2.33. The molecule has 0 amide bonds. The zero-order valence-corrected chi connectivity index (χ0v) is 11.6. The van der Waals surface area contributed by atoms with Crippen LogP contribution in [0.1, 0.15) is 35.3 Å². The van der Waals surface area contributed by atoms with E-state index in [0.717, 1.165) is 43.4 Å². The molecule has 0 aromatic carbocycles. The van der Waals surface area contributed by atoms with Crippen molar-refractivity contribution in [2.45, 2.75) is 38.4 Å². The molecule has 1 aliphatic heterocycles. The average molecular weight is 275 g/mol. The summed E-state index contributed by atoms with van der Waals surface area (Å²) in [5.74, 6) is 1.13. The number of hydrogen-bond acceptors (Lipinski definition) is 5. The Bertz CT molecular complexity index is 602. The van der Waals surface area contributed by atoms with Crippen LogP contribution in [0, 0.1) is 0 Å². The Morgan fingerprint density at radius 1 is 1.37 bits per heavy atom. The minimum absolute atomic E-state index is 0.196. The van der Waals surface area contributed by atoms with Gasteiger partial charge in [-0.2, -0.15) is 0 Å². The summed E-state index contributed by atoms with van der Waals surface area (Å²) in [5, 5.41) is 1.12. The molecule has 100 valence electrons. The Hall–Kier alpha value is -1.40. The maximum Gasteiger partial charge on any atom is 0.186 e. The molecule has 0 saturated heterocycles. The highest BCUT2D eigenvalue weighted by atomic mass is 32.1. The molecule has 5 nitrogen and oxygen atoms in total. The van der Waals surface area contributed by atoms with Gasteiger partial charge < -0.3 is 15.2 Å². The Morgan fingerprint density at radius 2 is 2.32 bits per heavy atom. The van der Waals surface area contributed by atoms with Crippen LogP contribution in [-0.4, -0.2) is 21.1 Å². The van der Waals surface area contributed by atoms with E-state index in [1.807, 2.05) is 6.20 Å². The van der Waals surface area contributed by atoms with Gasteiger partial charge in [0.2, 0.25) is 0 Å². The molecule has 0 bridgehead atoms. The molecule has 2 N–H and O–H groups in total. The molecule has 0 saturated carbocycles. The van der Waals surface area contributed by atoms with E-state index in [0.29, 0.717) is 0 Å². The zero-order chi connectivity index (χ0) is 12.8. The molecular formula is C13H17N5S. The van der Waals surface area contributed by atoms with E-state index in [1.165, 1.54) is 17.0 Å². The maximum atomic E-state index is 6.18. The summed E-state index contributed by atoms with van der Waals surface area (Å²) in [7, 11) is 0. The first-order valence-electron chi connectivity index (χ1n) is 6.81. The average Bonchev–Trinajstić information content (AvgIpc) is 3.04. The topological polar surface area (TPSA) is 60.0 Å². The van der Waals surface area contributed by atoms with E-state index in [1.54, 1.807) is 11.3 Å². The first-order chi connectivity index (χ1) is 9.31. The van der Waals surface area contributed by atoms with Gasteiger partial charge in [0.05, 0.1) is 12.2 Å². The lowest BCUT2D eigenvalue weighted by molar-refractivity contribution is 0.556. The molecule has 0 fully saturated rings. The van der Waals surface area contributed by atoms with Crippen LogP contribution in [0.5, 0.6) is 0 Å². The predicted octanol–water partition coefficient (Wildman–Crippen LogP) is 1.70. The van der Waals surface area contributed by atoms with Crippen LogP contribution < -0.4 is 10.6 Å². The summed E-state index contributed by atoms with van der Waals surface area (Å²) in [6.45, 7) is 2.85. The fourth-order valence-corrected chi connectivity index (χ4v) is 4.08. The largest absolute Gasteiger partial charge is 0.339 e. The van der Waals surface area contributed by atoms with Crippen LogP contribution in [0.3, 0.4) is 0 Å². The van der Waals surface area contributed by atoms with Gasteiger partial charge in [-0.25, -0.2) is 9.97 Å². The molecule has 2 aliphatic rings. The first-order valence-corrected chi connectivity index (χ1v) is 7.63. The smallest absolute Gasteiger partial charge is 0.186 e. The van der Waals surface area contributed by atoms with E-state index in [2.05, 4.69) is 20.6 Å². The second-order valence-corrected chi connectivity index (χ2v) is 6.27. The standard InChI is InChI=1S/C13H17N5S/c14-9-2-1-3-10-12(9)19-13(16-10)18-7-6-17-5-4-15-11(17)8-18/h4-5,9H,1-3,6-8,14H2. The molecular weight excluding hydrogens is 258 g/mol. The van der Waals surface area contributed by atoms with Crippen LogP contribution in [0.4, 0.5) is 5.13 Å². The van der Waals surface area contributed by atoms with Crippen LogP contribution in [0.25, 0.3) is 0 Å². The molecule has 19 heavy (non-hydrogen) atoms. The minimum Gasteiger partial charge on any atom is -0.339 e. The van der Waals surface area contributed by atoms with Crippen molar-refractivity contribution in [3.05, 3.63) is 28.8 Å². The predicted molar refractivity (Wildman–Crippen MR) is 75.3 cm³/mol. The number of aromatic nitrogens is 3. The van der Waals surface area contributed by atoms with E-state index < -0.39 is 0 Å². The number of anilines is 1. The lowest BCUT2D eigenvalue weighted by Gasteiger charge is -2.27. The van der Waals surface area contributed by atoms with Crippen LogP contribution >= 0.6 is 11.3 Å². The second kappa shape index (κ2) is 4.31. The summed E-state index contributed by atoms with van der Waals surface area (Å²) in [4.78, 5) is 12.8. The summed E-state index contributed by atoms with van der Waals surface area (Å²) in [6, 6.07) is 0.196. The van der Waals surface area contributed by atoms with Crippen molar-refractivity contribution in [1.82, 2.24) is 14.5 Å². The number of rotatable bonds is 1. The fraction of sp³-hybridized carbons (Fsp3) is 0.538. The van der Waals surface area contributed by atoms with E-state index >= 15 is 0 Å². The first kappa shape index (κ1) is 11.4. The Kier molecular flexibility index (Phi) is 2.60. The number of fused-ring (bicyclic) bond motifs is 2. The van der Waals surface area contributed by atoms with Gasteiger partial charge >= 0.3 is 0 Å². The molecule has 6 heteroatoms. The van der Waals surface area contributed by atoms with Crippen LogP contribution in [0.2, 0.25) is 0 Å². The van der Waals surface area contributed by atoms with Gasteiger partial charge in [-0.15, -0.1) is 0 Å². The Balaban J connectivity index is 1.64. The third-order valence-electron chi connectivity index (χ3n) is 4.00. The third kappa shape index (κ3) is 1.86.